The maximum atomic E-state index is 11.0. The van der Waals surface area contributed by atoms with Gasteiger partial charge < -0.3 is 9.84 Å². The highest BCUT2D eigenvalue weighted by Crippen LogP contribution is 2.36. The third-order valence-corrected chi connectivity index (χ3v) is 4.56. The Bertz CT molecular complexity index is 838. The molecule has 1 unspecified atom stereocenters. The van der Waals surface area contributed by atoms with Crippen LogP contribution in [0, 0.1) is 0 Å². The second-order valence-electron chi connectivity index (χ2n) is 5.67. The monoisotopic (exact) mass is 377 g/mol. The van der Waals surface area contributed by atoms with Crippen LogP contribution in [0.2, 0.25) is 10.0 Å². The number of aliphatic hydroxyl groups is 1. The summed E-state index contributed by atoms with van der Waals surface area (Å²) < 4.78 is 5.77. The van der Waals surface area contributed by atoms with Gasteiger partial charge in [-0.1, -0.05) is 36.2 Å². The molecule has 0 fully saturated rings. The van der Waals surface area contributed by atoms with E-state index in [2.05, 4.69) is 15.2 Å². The summed E-state index contributed by atoms with van der Waals surface area (Å²) in [6.07, 6.45) is 2.22. The molecule has 3 rings (SSSR count). The molecule has 2 N–H and O–H groups in total. The van der Waals surface area contributed by atoms with Gasteiger partial charge in [0.15, 0.2) is 5.82 Å². The smallest absolute Gasteiger partial charge is 0.153 e. The van der Waals surface area contributed by atoms with Crippen LogP contribution in [0.3, 0.4) is 0 Å². The van der Waals surface area contributed by atoms with E-state index in [1.807, 2.05) is 6.92 Å². The van der Waals surface area contributed by atoms with E-state index < -0.39 is 5.60 Å². The zero-order valence-corrected chi connectivity index (χ0v) is 15.1. The lowest BCUT2D eigenvalue weighted by Crippen LogP contribution is -2.28. The first-order chi connectivity index (χ1) is 12.0. The summed E-state index contributed by atoms with van der Waals surface area (Å²) in [5.41, 5.74) is -0.539. The van der Waals surface area contributed by atoms with Crippen LogP contribution in [-0.2, 0) is 12.0 Å². The molecule has 7 heteroatoms. The maximum absolute atomic E-state index is 11.0. The molecule has 0 aliphatic carbocycles. The predicted octanol–water partition coefficient (Wildman–Crippen LogP) is 4.74. The highest BCUT2D eigenvalue weighted by Gasteiger charge is 2.31. The largest absolute Gasteiger partial charge is 0.457 e. The minimum absolute atomic E-state index is 0.268. The number of hydrogen-bond donors (Lipinski definition) is 2. The lowest BCUT2D eigenvalue weighted by atomic mass is 9.87. The maximum Gasteiger partial charge on any atom is 0.153 e. The van der Waals surface area contributed by atoms with Crippen LogP contribution in [0.1, 0.15) is 24.7 Å². The van der Waals surface area contributed by atoms with Crippen molar-refractivity contribution >= 4 is 23.2 Å². The Hall–Kier alpha value is -2.08. The van der Waals surface area contributed by atoms with Gasteiger partial charge in [-0.2, -0.15) is 5.10 Å². The van der Waals surface area contributed by atoms with Crippen LogP contribution >= 0.6 is 23.2 Å². The molecule has 0 aliphatic heterocycles. The summed E-state index contributed by atoms with van der Waals surface area (Å²) in [7, 11) is 0. The first kappa shape index (κ1) is 17.7. The van der Waals surface area contributed by atoms with E-state index in [1.54, 1.807) is 42.5 Å². The lowest BCUT2D eigenvalue weighted by molar-refractivity contribution is 0.0309. The highest BCUT2D eigenvalue weighted by atomic mass is 35.5. The van der Waals surface area contributed by atoms with E-state index in [1.165, 1.54) is 6.33 Å². The summed E-state index contributed by atoms with van der Waals surface area (Å²) in [5, 5.41) is 18.7. The fourth-order valence-corrected chi connectivity index (χ4v) is 3.04. The normalized spacial score (nSPS) is 13.4. The topological polar surface area (TPSA) is 71.0 Å². The van der Waals surface area contributed by atoms with Crippen LogP contribution in [0.4, 0.5) is 0 Å². The number of nitrogens with one attached hydrogen (secondary N) is 1. The van der Waals surface area contributed by atoms with E-state index >= 15 is 0 Å². The predicted molar refractivity (Wildman–Crippen MR) is 97.3 cm³/mol. The number of aromatic amines is 1. The fraction of sp³-hybridized carbons (Fsp3) is 0.222. The molecule has 1 atom stereocenters. The number of aromatic nitrogens is 3. The van der Waals surface area contributed by atoms with Gasteiger partial charge in [0.05, 0.1) is 10.6 Å². The average molecular weight is 378 g/mol. The second kappa shape index (κ2) is 7.44. The van der Waals surface area contributed by atoms with Crippen molar-refractivity contribution in [2.24, 2.45) is 0 Å². The van der Waals surface area contributed by atoms with Crippen LogP contribution in [0.15, 0.2) is 48.8 Å². The molecule has 0 saturated carbocycles. The molecule has 0 radical (unpaired) electrons. The third-order valence-electron chi connectivity index (χ3n) is 3.99. The number of benzene rings is 2. The zero-order valence-electron chi connectivity index (χ0n) is 13.5. The van der Waals surface area contributed by atoms with Crippen molar-refractivity contribution in [3.8, 4) is 11.5 Å². The minimum Gasteiger partial charge on any atom is -0.457 e. The van der Waals surface area contributed by atoms with Crippen molar-refractivity contribution in [1.82, 2.24) is 15.2 Å². The van der Waals surface area contributed by atoms with Gasteiger partial charge in [-0.05, 0) is 42.8 Å². The molecule has 0 bridgehead atoms. The van der Waals surface area contributed by atoms with E-state index in [9.17, 15) is 5.11 Å². The minimum atomic E-state index is -1.15. The summed E-state index contributed by atoms with van der Waals surface area (Å²) in [6.45, 7) is 1.89. The van der Waals surface area contributed by atoms with Gasteiger partial charge in [0, 0.05) is 17.0 Å². The standard InChI is InChI=1S/C18H17Cl2N3O2/c1-2-18(24,10-17-21-11-22-23-17)15-8-7-14(9-16(15)20)25-13-5-3-12(19)4-6-13/h3-9,11,24H,2,10H2,1H3,(H,21,22,23). The molecule has 25 heavy (non-hydrogen) atoms. The molecule has 3 aromatic rings. The Morgan fingerprint density at radius 3 is 2.44 bits per heavy atom. The number of hydrogen-bond acceptors (Lipinski definition) is 4. The molecule has 0 spiro atoms. The van der Waals surface area contributed by atoms with Crippen molar-refractivity contribution in [2.45, 2.75) is 25.4 Å². The van der Waals surface area contributed by atoms with Crippen molar-refractivity contribution in [3.05, 3.63) is 70.2 Å². The number of halogens is 2. The fourth-order valence-electron chi connectivity index (χ4n) is 2.57. The van der Waals surface area contributed by atoms with Crippen LogP contribution in [-0.4, -0.2) is 20.3 Å². The molecule has 130 valence electrons. The van der Waals surface area contributed by atoms with Crippen LogP contribution in [0.25, 0.3) is 0 Å². The van der Waals surface area contributed by atoms with Gasteiger partial charge in [0.25, 0.3) is 0 Å². The molecular formula is C18H17Cl2N3O2. The third kappa shape index (κ3) is 4.12. The van der Waals surface area contributed by atoms with E-state index in [0.29, 0.717) is 39.4 Å². The Labute approximate surface area is 155 Å². The van der Waals surface area contributed by atoms with Gasteiger partial charge in [-0.3, -0.25) is 5.10 Å². The van der Waals surface area contributed by atoms with Crippen LogP contribution in [0.5, 0.6) is 11.5 Å². The van der Waals surface area contributed by atoms with Gasteiger partial charge in [0.2, 0.25) is 0 Å². The molecule has 1 heterocycles. The number of H-pyrrole nitrogens is 1. The zero-order chi connectivity index (χ0) is 17.9. The van der Waals surface area contributed by atoms with E-state index in [-0.39, 0.29) is 6.42 Å². The Morgan fingerprint density at radius 1 is 1.12 bits per heavy atom. The van der Waals surface area contributed by atoms with Crippen molar-refractivity contribution in [1.29, 1.82) is 0 Å². The van der Waals surface area contributed by atoms with Crippen molar-refractivity contribution in [3.63, 3.8) is 0 Å². The number of ether oxygens (including phenoxy) is 1. The highest BCUT2D eigenvalue weighted by molar-refractivity contribution is 6.31. The quantitative estimate of drug-likeness (QED) is 0.650. The molecule has 0 saturated heterocycles. The summed E-state index contributed by atoms with van der Waals surface area (Å²) in [5.74, 6) is 1.76. The van der Waals surface area contributed by atoms with Crippen molar-refractivity contribution in [2.75, 3.05) is 0 Å². The summed E-state index contributed by atoms with van der Waals surface area (Å²) >= 11 is 12.3. The molecule has 2 aromatic carbocycles. The molecule has 0 amide bonds. The first-order valence-corrected chi connectivity index (χ1v) is 8.56. The van der Waals surface area contributed by atoms with Crippen LogP contribution < -0.4 is 4.74 Å². The summed E-state index contributed by atoms with van der Waals surface area (Å²) in [6, 6.07) is 12.3. The van der Waals surface area contributed by atoms with Gasteiger partial charge in [-0.25, -0.2) is 4.98 Å². The Balaban J connectivity index is 1.83. The lowest BCUT2D eigenvalue weighted by Gasteiger charge is -2.27. The van der Waals surface area contributed by atoms with Crippen molar-refractivity contribution < 1.29 is 9.84 Å². The first-order valence-electron chi connectivity index (χ1n) is 7.80. The molecule has 0 aliphatic rings. The Kier molecular flexibility index (Phi) is 5.27. The Morgan fingerprint density at radius 2 is 1.84 bits per heavy atom. The van der Waals surface area contributed by atoms with E-state index in [0.717, 1.165) is 0 Å². The SMILES string of the molecule is CCC(O)(Cc1nc[nH]n1)c1ccc(Oc2ccc(Cl)cc2)cc1Cl. The number of rotatable bonds is 6. The number of nitrogens with zero attached hydrogens (tertiary/aromatic N) is 2. The molecule has 5 nitrogen and oxygen atoms in total. The molecular weight excluding hydrogens is 361 g/mol. The van der Waals surface area contributed by atoms with E-state index in [4.69, 9.17) is 27.9 Å². The van der Waals surface area contributed by atoms with Gasteiger partial charge in [-0.15, -0.1) is 0 Å². The molecule has 1 aromatic heterocycles. The average Bonchev–Trinajstić information content (AvgIpc) is 3.09. The van der Waals surface area contributed by atoms with Gasteiger partial charge >= 0.3 is 0 Å². The van der Waals surface area contributed by atoms with Gasteiger partial charge in [0.1, 0.15) is 17.8 Å². The summed E-state index contributed by atoms with van der Waals surface area (Å²) in [4.78, 5) is 4.08. The second-order valence-corrected chi connectivity index (χ2v) is 6.52.